The minimum absolute atomic E-state index is 0. The molecule has 0 aliphatic heterocycles. The SMILES string of the molecule is Cc1ncc(CN(C)C(=O)C(N)Cc2ccccc2)s1.Cl.Cl. The third kappa shape index (κ3) is 5.93. The zero-order valence-electron chi connectivity index (χ0n) is 12.6. The summed E-state index contributed by atoms with van der Waals surface area (Å²) in [4.78, 5) is 19.2. The van der Waals surface area contributed by atoms with Crippen LogP contribution in [-0.4, -0.2) is 28.9 Å². The fraction of sp³-hybridized carbons (Fsp3) is 0.333. The number of carbonyl (C=O) groups excluding carboxylic acids is 1. The first-order chi connectivity index (χ1) is 9.56. The van der Waals surface area contributed by atoms with Gasteiger partial charge in [-0.15, -0.1) is 36.2 Å². The fourth-order valence-electron chi connectivity index (χ4n) is 2.03. The molecule has 1 heterocycles. The van der Waals surface area contributed by atoms with Crippen molar-refractivity contribution in [3.05, 3.63) is 52.0 Å². The van der Waals surface area contributed by atoms with Gasteiger partial charge in [0.05, 0.1) is 17.6 Å². The summed E-state index contributed by atoms with van der Waals surface area (Å²) in [5.41, 5.74) is 7.08. The van der Waals surface area contributed by atoms with Crippen molar-refractivity contribution in [3.63, 3.8) is 0 Å². The highest BCUT2D eigenvalue weighted by molar-refractivity contribution is 7.11. The lowest BCUT2D eigenvalue weighted by atomic mass is 10.1. The number of rotatable bonds is 5. The van der Waals surface area contributed by atoms with Gasteiger partial charge in [0.1, 0.15) is 0 Å². The van der Waals surface area contributed by atoms with Crippen LogP contribution in [0.1, 0.15) is 15.4 Å². The number of nitrogens with two attached hydrogens (primary N) is 1. The lowest BCUT2D eigenvalue weighted by Gasteiger charge is -2.20. The molecule has 0 spiro atoms. The molecule has 0 fully saturated rings. The summed E-state index contributed by atoms with van der Waals surface area (Å²) in [5, 5.41) is 1.01. The molecule has 4 nitrogen and oxygen atoms in total. The molecule has 0 aliphatic rings. The van der Waals surface area contributed by atoms with E-state index in [1.807, 2.05) is 43.5 Å². The second-order valence-corrected chi connectivity index (χ2v) is 6.16. The van der Waals surface area contributed by atoms with Gasteiger partial charge in [0, 0.05) is 18.1 Å². The van der Waals surface area contributed by atoms with Crippen LogP contribution in [-0.2, 0) is 17.8 Å². The van der Waals surface area contributed by atoms with Gasteiger partial charge in [-0.05, 0) is 18.9 Å². The summed E-state index contributed by atoms with van der Waals surface area (Å²) >= 11 is 1.60. The van der Waals surface area contributed by atoms with Crippen LogP contribution < -0.4 is 5.73 Å². The first-order valence-electron chi connectivity index (χ1n) is 6.52. The zero-order chi connectivity index (χ0) is 14.5. The summed E-state index contributed by atoms with van der Waals surface area (Å²) in [7, 11) is 1.78. The second-order valence-electron chi connectivity index (χ2n) is 4.84. The van der Waals surface area contributed by atoms with Gasteiger partial charge in [-0.2, -0.15) is 0 Å². The van der Waals surface area contributed by atoms with E-state index in [1.165, 1.54) is 0 Å². The first-order valence-corrected chi connectivity index (χ1v) is 7.33. The Morgan fingerprint density at radius 2 is 1.95 bits per heavy atom. The Hall–Kier alpha value is -1.14. The van der Waals surface area contributed by atoms with Crippen LogP contribution in [0.25, 0.3) is 0 Å². The molecule has 0 radical (unpaired) electrons. The van der Waals surface area contributed by atoms with Crippen molar-refractivity contribution >= 4 is 42.1 Å². The molecular formula is C15H21Cl2N3OS. The predicted octanol–water partition coefficient (Wildman–Crippen LogP) is 2.82. The normalized spacial score (nSPS) is 11.0. The number of benzene rings is 1. The molecule has 1 aromatic heterocycles. The van der Waals surface area contributed by atoms with E-state index >= 15 is 0 Å². The van der Waals surface area contributed by atoms with Crippen molar-refractivity contribution in [2.45, 2.75) is 25.9 Å². The molecule has 0 saturated carbocycles. The van der Waals surface area contributed by atoms with E-state index in [0.717, 1.165) is 15.4 Å². The maximum absolute atomic E-state index is 12.2. The lowest BCUT2D eigenvalue weighted by molar-refractivity contribution is -0.131. The average Bonchev–Trinajstić information content (AvgIpc) is 2.84. The Morgan fingerprint density at radius 1 is 1.32 bits per heavy atom. The third-order valence-corrected chi connectivity index (χ3v) is 3.95. The molecule has 2 N–H and O–H groups in total. The van der Waals surface area contributed by atoms with E-state index in [0.29, 0.717) is 13.0 Å². The molecule has 1 unspecified atom stereocenters. The van der Waals surface area contributed by atoms with Gasteiger partial charge in [0.25, 0.3) is 0 Å². The molecule has 0 bridgehead atoms. The summed E-state index contributed by atoms with van der Waals surface area (Å²) in [6.45, 7) is 2.52. The number of nitrogens with zero attached hydrogens (tertiary/aromatic N) is 2. The summed E-state index contributed by atoms with van der Waals surface area (Å²) in [6.07, 6.45) is 2.37. The maximum Gasteiger partial charge on any atom is 0.239 e. The smallest absolute Gasteiger partial charge is 0.239 e. The van der Waals surface area contributed by atoms with E-state index in [9.17, 15) is 4.79 Å². The maximum atomic E-state index is 12.2. The summed E-state index contributed by atoms with van der Waals surface area (Å²) < 4.78 is 0. The number of halogens is 2. The Labute approximate surface area is 147 Å². The molecule has 2 aromatic rings. The van der Waals surface area contributed by atoms with Gasteiger partial charge in [-0.3, -0.25) is 4.79 Å². The second kappa shape index (κ2) is 9.79. The number of aryl methyl sites for hydroxylation is 1. The van der Waals surface area contributed by atoms with Crippen molar-refractivity contribution in [2.24, 2.45) is 5.73 Å². The standard InChI is InChI=1S/C15H19N3OS.2ClH/c1-11-17-9-13(20-11)10-18(2)15(19)14(16)8-12-6-4-3-5-7-12;;/h3-7,9,14H,8,10,16H2,1-2H3;2*1H. The van der Waals surface area contributed by atoms with Crippen molar-refractivity contribution in [2.75, 3.05) is 7.05 Å². The molecule has 0 aliphatic carbocycles. The molecule has 1 aromatic carbocycles. The molecule has 1 atom stereocenters. The van der Waals surface area contributed by atoms with Crippen molar-refractivity contribution in [1.82, 2.24) is 9.88 Å². The van der Waals surface area contributed by atoms with Crippen LogP contribution >= 0.6 is 36.2 Å². The number of aromatic nitrogens is 1. The van der Waals surface area contributed by atoms with Gasteiger partial charge in [-0.1, -0.05) is 30.3 Å². The van der Waals surface area contributed by atoms with Gasteiger partial charge >= 0.3 is 0 Å². The highest BCUT2D eigenvalue weighted by atomic mass is 35.5. The zero-order valence-corrected chi connectivity index (χ0v) is 15.0. The van der Waals surface area contributed by atoms with Gasteiger partial charge < -0.3 is 10.6 Å². The van der Waals surface area contributed by atoms with E-state index in [1.54, 1.807) is 23.3 Å². The highest BCUT2D eigenvalue weighted by Crippen LogP contribution is 2.14. The topological polar surface area (TPSA) is 59.2 Å². The predicted molar refractivity (Wildman–Crippen MR) is 95.9 cm³/mol. The van der Waals surface area contributed by atoms with Crippen molar-refractivity contribution in [1.29, 1.82) is 0 Å². The number of likely N-dealkylation sites (N-methyl/N-ethyl adjacent to an activating group) is 1. The fourth-order valence-corrected chi connectivity index (χ4v) is 2.88. The molecule has 1 amide bonds. The van der Waals surface area contributed by atoms with Crippen LogP contribution in [0.2, 0.25) is 0 Å². The van der Waals surface area contributed by atoms with Crippen LogP contribution in [0, 0.1) is 6.92 Å². The molecule has 2 rings (SSSR count). The first kappa shape index (κ1) is 20.9. The Balaban J connectivity index is 0.00000220. The number of hydrogen-bond donors (Lipinski definition) is 1. The average molecular weight is 362 g/mol. The largest absolute Gasteiger partial charge is 0.339 e. The quantitative estimate of drug-likeness (QED) is 0.890. The van der Waals surface area contributed by atoms with Crippen molar-refractivity contribution < 1.29 is 4.79 Å². The monoisotopic (exact) mass is 361 g/mol. The Bertz CT molecular complexity index is 577. The number of thiazole rings is 1. The van der Waals surface area contributed by atoms with E-state index < -0.39 is 6.04 Å². The lowest BCUT2D eigenvalue weighted by Crippen LogP contribution is -2.42. The van der Waals surface area contributed by atoms with Gasteiger partial charge in [0.2, 0.25) is 5.91 Å². The van der Waals surface area contributed by atoms with Crippen LogP contribution in [0.15, 0.2) is 36.5 Å². The van der Waals surface area contributed by atoms with Gasteiger partial charge in [0.15, 0.2) is 0 Å². The third-order valence-electron chi connectivity index (χ3n) is 3.05. The van der Waals surface area contributed by atoms with E-state index in [-0.39, 0.29) is 30.7 Å². The Morgan fingerprint density at radius 3 is 2.50 bits per heavy atom. The molecular weight excluding hydrogens is 341 g/mol. The van der Waals surface area contributed by atoms with Crippen LogP contribution in [0.5, 0.6) is 0 Å². The molecule has 22 heavy (non-hydrogen) atoms. The molecule has 7 heteroatoms. The minimum atomic E-state index is -0.503. The van der Waals surface area contributed by atoms with Crippen molar-refractivity contribution in [3.8, 4) is 0 Å². The van der Waals surface area contributed by atoms with E-state index in [4.69, 9.17) is 5.73 Å². The number of hydrogen-bond acceptors (Lipinski definition) is 4. The minimum Gasteiger partial charge on any atom is -0.339 e. The Kier molecular flexibility index (Phi) is 9.28. The van der Waals surface area contributed by atoms with Crippen LogP contribution in [0.3, 0.4) is 0 Å². The summed E-state index contributed by atoms with van der Waals surface area (Å²) in [6, 6.07) is 9.33. The van der Waals surface area contributed by atoms with Gasteiger partial charge in [-0.25, -0.2) is 4.98 Å². The number of carbonyl (C=O) groups is 1. The van der Waals surface area contributed by atoms with E-state index in [2.05, 4.69) is 4.98 Å². The molecule has 122 valence electrons. The summed E-state index contributed by atoms with van der Waals surface area (Å²) in [5.74, 6) is -0.0418. The number of amides is 1. The van der Waals surface area contributed by atoms with Crippen LogP contribution in [0.4, 0.5) is 0 Å². The highest BCUT2D eigenvalue weighted by Gasteiger charge is 2.19. The molecule has 0 saturated heterocycles.